The molecule has 2 nitrogen and oxygen atoms in total. The topological polar surface area (TPSA) is 28.7 Å². The van der Waals surface area contributed by atoms with Crippen LogP contribution in [0.5, 0.6) is 0 Å². The summed E-state index contributed by atoms with van der Waals surface area (Å²) in [5.74, 6) is 0. The number of nitrogens with zero attached hydrogens (tertiary/aromatic N) is 1. The lowest BCUT2D eigenvalue weighted by Crippen LogP contribution is -2.29. The van der Waals surface area contributed by atoms with Crippen LogP contribution in [0.3, 0.4) is 0 Å². The molecule has 0 radical (unpaired) electrons. The number of pyridine rings is 1. The molecule has 2 heteroatoms. The van der Waals surface area contributed by atoms with E-state index in [2.05, 4.69) is 108 Å². The summed E-state index contributed by atoms with van der Waals surface area (Å²) in [6, 6.07) is 39.1. The maximum Gasteiger partial charge on any atom is 0.0886 e. The summed E-state index contributed by atoms with van der Waals surface area (Å²) < 4.78 is 0. The van der Waals surface area contributed by atoms with Crippen LogP contribution in [0.2, 0.25) is 0 Å². The van der Waals surface area contributed by atoms with Crippen LogP contribution in [0, 0.1) is 0 Å². The lowest BCUT2D eigenvalue weighted by Gasteiger charge is -2.32. The van der Waals surface area contributed by atoms with E-state index >= 15 is 0 Å². The summed E-state index contributed by atoms with van der Waals surface area (Å²) in [5.41, 5.74) is 9.29. The van der Waals surface area contributed by atoms with Crippen molar-refractivity contribution < 1.29 is 0 Å². The van der Waals surface area contributed by atoms with Gasteiger partial charge in [-0.2, -0.15) is 0 Å². The van der Waals surface area contributed by atoms with Gasteiger partial charge in [-0.3, -0.25) is 4.98 Å². The van der Waals surface area contributed by atoms with Gasteiger partial charge in [0.25, 0.3) is 0 Å². The molecule has 0 fully saturated rings. The number of para-hydroxylation sites is 1. The summed E-state index contributed by atoms with van der Waals surface area (Å²) >= 11 is 0. The van der Waals surface area contributed by atoms with Crippen LogP contribution < -0.4 is 0 Å². The largest absolute Gasteiger partial charge is 0.355 e. The Hall–Kier alpha value is -4.17. The SMILES string of the molecule is CC.c1ccc(C2(c3ccccn3)c3ccccc3-c3cc4c(cc32)[nH]c2ccccc24)cc1. The Morgan fingerprint density at radius 3 is 2.15 bits per heavy atom. The minimum Gasteiger partial charge on any atom is -0.355 e. The van der Waals surface area contributed by atoms with Crippen molar-refractivity contribution in [3.63, 3.8) is 0 Å². The number of H-pyrrole nitrogens is 1. The standard InChI is InChI=1S/C30H20N2.C2H6/c1-2-10-20(11-3-1)30(29-16-8-9-17-31-29)25-14-6-4-12-21(25)23-18-24-22-13-5-7-15-27(22)32-28(24)19-26(23)30;1-2/h1-19,32H;1-2H3. The van der Waals surface area contributed by atoms with Gasteiger partial charge in [0.1, 0.15) is 0 Å². The molecule has 1 unspecified atom stereocenters. The molecule has 0 bridgehead atoms. The quantitative estimate of drug-likeness (QED) is 0.290. The van der Waals surface area contributed by atoms with Crippen molar-refractivity contribution in [2.75, 3.05) is 0 Å². The monoisotopic (exact) mass is 438 g/mol. The maximum atomic E-state index is 4.92. The second-order valence-corrected chi connectivity index (χ2v) is 8.49. The van der Waals surface area contributed by atoms with E-state index < -0.39 is 5.41 Å². The Bertz CT molecular complexity index is 1570. The number of nitrogens with one attached hydrogen (secondary N) is 1. The number of rotatable bonds is 2. The fourth-order valence-electron chi connectivity index (χ4n) is 5.63. The first-order valence-electron chi connectivity index (χ1n) is 12.0. The van der Waals surface area contributed by atoms with Crippen molar-refractivity contribution in [2.24, 2.45) is 0 Å². The molecule has 0 spiro atoms. The lowest BCUT2D eigenvalue weighted by atomic mass is 9.70. The smallest absolute Gasteiger partial charge is 0.0886 e. The Morgan fingerprint density at radius 1 is 0.588 bits per heavy atom. The summed E-state index contributed by atoms with van der Waals surface area (Å²) in [6.07, 6.45) is 1.90. The van der Waals surface area contributed by atoms with Crippen molar-refractivity contribution in [2.45, 2.75) is 19.3 Å². The van der Waals surface area contributed by atoms with Crippen LogP contribution in [0.25, 0.3) is 32.9 Å². The third-order valence-corrected chi connectivity index (χ3v) is 6.93. The molecule has 1 N–H and O–H groups in total. The third-order valence-electron chi connectivity index (χ3n) is 6.93. The molecular formula is C32H26N2. The van der Waals surface area contributed by atoms with E-state index in [4.69, 9.17) is 4.98 Å². The Morgan fingerprint density at radius 2 is 1.32 bits per heavy atom. The molecule has 0 amide bonds. The lowest BCUT2D eigenvalue weighted by molar-refractivity contribution is 0.735. The van der Waals surface area contributed by atoms with Crippen molar-refractivity contribution >= 4 is 21.8 Å². The Balaban J connectivity index is 0.00000106. The van der Waals surface area contributed by atoms with E-state index in [-0.39, 0.29) is 0 Å². The van der Waals surface area contributed by atoms with Crippen molar-refractivity contribution in [1.82, 2.24) is 9.97 Å². The zero-order valence-electron chi connectivity index (χ0n) is 19.4. The average Bonchev–Trinajstić information content (AvgIpc) is 3.43. The first kappa shape index (κ1) is 20.4. The molecular weight excluding hydrogens is 412 g/mol. The summed E-state index contributed by atoms with van der Waals surface area (Å²) in [6.45, 7) is 4.00. The summed E-state index contributed by atoms with van der Waals surface area (Å²) in [7, 11) is 0. The molecule has 4 aromatic carbocycles. The molecule has 34 heavy (non-hydrogen) atoms. The maximum absolute atomic E-state index is 4.92. The number of aromatic amines is 1. The molecule has 2 heterocycles. The van der Waals surface area contributed by atoms with E-state index in [1.807, 2.05) is 26.1 Å². The zero-order valence-corrected chi connectivity index (χ0v) is 19.4. The van der Waals surface area contributed by atoms with Crippen LogP contribution >= 0.6 is 0 Å². The normalized spacial score (nSPS) is 16.1. The first-order chi connectivity index (χ1) is 16.9. The van der Waals surface area contributed by atoms with Crippen LogP contribution in [-0.2, 0) is 5.41 Å². The zero-order chi connectivity index (χ0) is 23.1. The molecule has 1 atom stereocenters. The molecule has 0 saturated heterocycles. The Labute approximate surface area is 199 Å². The van der Waals surface area contributed by atoms with Gasteiger partial charge in [-0.15, -0.1) is 0 Å². The first-order valence-corrected chi connectivity index (χ1v) is 12.0. The number of fused-ring (bicyclic) bond motifs is 6. The second-order valence-electron chi connectivity index (χ2n) is 8.49. The van der Waals surface area contributed by atoms with E-state index in [9.17, 15) is 0 Å². The molecule has 2 aromatic heterocycles. The molecule has 6 aromatic rings. The highest BCUT2D eigenvalue weighted by Crippen LogP contribution is 2.56. The molecule has 1 aliphatic rings. The van der Waals surface area contributed by atoms with Gasteiger partial charge >= 0.3 is 0 Å². The highest BCUT2D eigenvalue weighted by molar-refractivity contribution is 6.10. The van der Waals surface area contributed by atoms with Crippen LogP contribution in [0.15, 0.2) is 115 Å². The van der Waals surface area contributed by atoms with Crippen molar-refractivity contribution in [1.29, 1.82) is 0 Å². The fourth-order valence-corrected chi connectivity index (χ4v) is 5.63. The van der Waals surface area contributed by atoms with Crippen LogP contribution in [0.4, 0.5) is 0 Å². The van der Waals surface area contributed by atoms with Gasteiger partial charge in [0.05, 0.1) is 11.1 Å². The van der Waals surface area contributed by atoms with Crippen molar-refractivity contribution in [3.8, 4) is 11.1 Å². The minimum atomic E-state index is -0.458. The number of hydrogen-bond donors (Lipinski definition) is 1. The minimum absolute atomic E-state index is 0.458. The highest BCUT2D eigenvalue weighted by Gasteiger charge is 2.47. The van der Waals surface area contributed by atoms with Crippen molar-refractivity contribution in [3.05, 3.63) is 138 Å². The second kappa shape index (κ2) is 8.00. The van der Waals surface area contributed by atoms with E-state index in [0.29, 0.717) is 0 Å². The van der Waals surface area contributed by atoms with Gasteiger partial charge in [0.15, 0.2) is 0 Å². The third kappa shape index (κ3) is 2.72. The highest BCUT2D eigenvalue weighted by atomic mass is 14.7. The van der Waals surface area contributed by atoms with E-state index in [1.165, 1.54) is 44.1 Å². The van der Waals surface area contributed by atoms with Gasteiger partial charge in [-0.25, -0.2) is 0 Å². The predicted octanol–water partition coefficient (Wildman–Crippen LogP) is 8.11. The number of hydrogen-bond acceptors (Lipinski definition) is 1. The molecule has 7 rings (SSSR count). The average molecular weight is 439 g/mol. The summed E-state index contributed by atoms with van der Waals surface area (Å²) in [4.78, 5) is 8.57. The molecule has 164 valence electrons. The van der Waals surface area contributed by atoms with E-state index in [0.717, 1.165) is 11.2 Å². The number of aromatic nitrogens is 2. The number of benzene rings is 4. The summed E-state index contributed by atoms with van der Waals surface area (Å²) in [5, 5.41) is 2.52. The Kier molecular flexibility index (Phi) is 4.81. The fraction of sp³-hybridized carbons (Fsp3) is 0.0938. The van der Waals surface area contributed by atoms with E-state index in [1.54, 1.807) is 0 Å². The molecule has 0 saturated carbocycles. The van der Waals surface area contributed by atoms with Gasteiger partial charge in [0.2, 0.25) is 0 Å². The van der Waals surface area contributed by atoms with Gasteiger partial charge in [-0.1, -0.05) is 92.7 Å². The van der Waals surface area contributed by atoms with Gasteiger partial charge in [-0.05, 0) is 58.1 Å². The molecule has 1 aliphatic carbocycles. The van der Waals surface area contributed by atoms with Gasteiger partial charge in [0, 0.05) is 28.0 Å². The van der Waals surface area contributed by atoms with Gasteiger partial charge < -0.3 is 4.98 Å². The van der Waals surface area contributed by atoms with Crippen LogP contribution in [-0.4, -0.2) is 9.97 Å². The molecule has 0 aliphatic heterocycles. The predicted molar refractivity (Wildman–Crippen MR) is 142 cm³/mol. The van der Waals surface area contributed by atoms with Crippen LogP contribution in [0.1, 0.15) is 36.2 Å².